The molecule has 1 aromatic heterocycles. The van der Waals surface area contributed by atoms with Crippen molar-refractivity contribution in [2.45, 2.75) is 32.9 Å². The van der Waals surface area contributed by atoms with Crippen LogP contribution < -0.4 is 14.8 Å². The van der Waals surface area contributed by atoms with Gasteiger partial charge in [-0.05, 0) is 50.6 Å². The van der Waals surface area contributed by atoms with Crippen LogP contribution in [0.5, 0.6) is 11.5 Å². The van der Waals surface area contributed by atoms with E-state index in [9.17, 15) is 14.4 Å². The van der Waals surface area contributed by atoms with Gasteiger partial charge < -0.3 is 19.4 Å². The number of aromatic nitrogens is 1. The van der Waals surface area contributed by atoms with Crippen LogP contribution in [0.2, 0.25) is 5.02 Å². The number of ether oxygens (including phenoxy) is 2. The Morgan fingerprint density at radius 1 is 1.09 bits per heavy atom. The summed E-state index contributed by atoms with van der Waals surface area (Å²) in [5, 5.41) is 3.07. The number of aryl methyl sites for hydroxylation is 1. The van der Waals surface area contributed by atoms with E-state index >= 15 is 0 Å². The summed E-state index contributed by atoms with van der Waals surface area (Å²) in [4.78, 5) is 40.2. The van der Waals surface area contributed by atoms with Gasteiger partial charge in [0.15, 0.2) is 17.3 Å². The molecule has 3 heterocycles. The molecule has 1 atom stereocenters. The van der Waals surface area contributed by atoms with Crippen molar-refractivity contribution in [2.75, 3.05) is 13.3 Å². The maximum atomic E-state index is 13.3. The van der Waals surface area contributed by atoms with Gasteiger partial charge in [0.2, 0.25) is 6.79 Å². The molecular formula is C26H24ClN3O5. The molecule has 0 spiro atoms. The van der Waals surface area contributed by atoms with E-state index in [0.717, 1.165) is 21.9 Å². The van der Waals surface area contributed by atoms with Crippen molar-refractivity contribution in [3.05, 3.63) is 81.6 Å². The molecule has 2 aliphatic rings. The maximum absolute atomic E-state index is 13.3. The Labute approximate surface area is 207 Å². The number of hydrogen-bond acceptors (Lipinski definition) is 5. The molecule has 0 saturated carbocycles. The summed E-state index contributed by atoms with van der Waals surface area (Å²) in [6.45, 7) is 5.74. The fourth-order valence-corrected chi connectivity index (χ4v) is 4.99. The topological polar surface area (TPSA) is 89.9 Å². The maximum Gasteiger partial charge on any atom is 0.325 e. The lowest BCUT2D eigenvalue weighted by Gasteiger charge is -2.23. The summed E-state index contributed by atoms with van der Waals surface area (Å²) in [6.07, 6.45) is 0. The molecule has 5 rings (SSSR count). The monoisotopic (exact) mass is 493 g/mol. The Hall–Kier alpha value is -3.78. The van der Waals surface area contributed by atoms with Gasteiger partial charge in [0.25, 0.3) is 5.91 Å². The molecule has 1 unspecified atom stereocenters. The second-order valence-electron chi connectivity index (χ2n) is 8.91. The number of fused-ring (bicyclic) bond motifs is 1. The van der Waals surface area contributed by atoms with Crippen molar-refractivity contribution in [1.29, 1.82) is 0 Å². The van der Waals surface area contributed by atoms with E-state index in [4.69, 9.17) is 21.1 Å². The van der Waals surface area contributed by atoms with E-state index in [1.54, 1.807) is 37.3 Å². The van der Waals surface area contributed by atoms with Crippen LogP contribution in [0.3, 0.4) is 0 Å². The first-order chi connectivity index (χ1) is 16.7. The molecule has 180 valence electrons. The first kappa shape index (κ1) is 23.0. The molecule has 3 amide bonds. The molecule has 2 aliphatic heterocycles. The number of ketones is 1. The summed E-state index contributed by atoms with van der Waals surface area (Å²) in [7, 11) is 0. The van der Waals surface area contributed by atoms with Crippen LogP contribution in [0.4, 0.5) is 4.79 Å². The number of carbonyl (C=O) groups is 3. The van der Waals surface area contributed by atoms with Crippen molar-refractivity contribution < 1.29 is 23.9 Å². The van der Waals surface area contributed by atoms with Crippen molar-refractivity contribution in [2.24, 2.45) is 0 Å². The molecule has 8 nitrogen and oxygen atoms in total. The standard InChI is InChI=1S/C26H24ClN3O5/c1-15-10-18(16(2)29(15)12-17-8-9-22-23(11-17)35-14-34-22)21(31)13-30-24(32)26(3,28-25(30)33)19-6-4-5-7-20(19)27/h4-11H,12-14H2,1-3H3,(H,28,33). The first-order valence-electron chi connectivity index (χ1n) is 11.2. The number of imide groups is 1. The molecule has 3 aromatic rings. The lowest BCUT2D eigenvalue weighted by atomic mass is 9.92. The zero-order valence-corrected chi connectivity index (χ0v) is 20.3. The van der Waals surface area contributed by atoms with Gasteiger partial charge in [-0.3, -0.25) is 14.5 Å². The Morgan fingerprint density at radius 2 is 1.83 bits per heavy atom. The zero-order chi connectivity index (χ0) is 24.9. The molecule has 1 N–H and O–H groups in total. The minimum absolute atomic E-state index is 0.206. The normalized spacial score (nSPS) is 18.8. The number of hydrogen-bond donors (Lipinski definition) is 1. The lowest BCUT2D eigenvalue weighted by molar-refractivity contribution is -0.130. The summed E-state index contributed by atoms with van der Waals surface area (Å²) in [6, 6.07) is 13.7. The van der Waals surface area contributed by atoms with Gasteiger partial charge in [-0.1, -0.05) is 35.9 Å². The van der Waals surface area contributed by atoms with Crippen LogP contribution in [0.25, 0.3) is 0 Å². The summed E-state index contributed by atoms with van der Waals surface area (Å²) >= 11 is 6.29. The number of halogens is 1. The van der Waals surface area contributed by atoms with Gasteiger partial charge in [0.05, 0.1) is 6.54 Å². The Balaban J connectivity index is 1.36. The third-order valence-electron chi connectivity index (χ3n) is 6.64. The lowest BCUT2D eigenvalue weighted by Crippen LogP contribution is -2.41. The van der Waals surface area contributed by atoms with Crippen LogP contribution in [0.15, 0.2) is 48.5 Å². The van der Waals surface area contributed by atoms with Crippen LogP contribution in [-0.2, 0) is 16.9 Å². The fraction of sp³-hybridized carbons (Fsp3) is 0.269. The van der Waals surface area contributed by atoms with Gasteiger partial charge in [-0.25, -0.2) is 4.79 Å². The Bertz CT molecular complexity index is 1380. The van der Waals surface area contributed by atoms with Crippen LogP contribution in [0.1, 0.15) is 39.8 Å². The van der Waals surface area contributed by atoms with E-state index in [2.05, 4.69) is 5.32 Å². The van der Waals surface area contributed by atoms with Crippen molar-refractivity contribution >= 4 is 29.3 Å². The minimum Gasteiger partial charge on any atom is -0.454 e. The smallest absolute Gasteiger partial charge is 0.325 e. The van der Waals surface area contributed by atoms with E-state index in [-0.39, 0.29) is 19.1 Å². The predicted octanol–water partition coefficient (Wildman–Crippen LogP) is 4.19. The third-order valence-corrected chi connectivity index (χ3v) is 6.97. The number of amides is 3. The highest BCUT2D eigenvalue weighted by atomic mass is 35.5. The van der Waals surface area contributed by atoms with Gasteiger partial charge in [-0.2, -0.15) is 0 Å². The highest BCUT2D eigenvalue weighted by molar-refractivity contribution is 6.32. The molecule has 1 fully saturated rings. The Morgan fingerprint density at radius 3 is 2.60 bits per heavy atom. The third kappa shape index (κ3) is 3.83. The number of carbonyl (C=O) groups excluding carboxylic acids is 3. The SMILES string of the molecule is Cc1cc(C(=O)CN2C(=O)NC(C)(c3ccccc3Cl)C2=O)c(C)n1Cc1ccc2c(c1)OCO2. The number of benzene rings is 2. The van der Waals surface area contributed by atoms with Crippen molar-refractivity contribution in [3.63, 3.8) is 0 Å². The quantitative estimate of drug-likeness (QED) is 0.411. The van der Waals surface area contributed by atoms with Gasteiger partial charge in [0, 0.05) is 34.1 Å². The van der Waals surface area contributed by atoms with Crippen molar-refractivity contribution in [3.8, 4) is 11.5 Å². The van der Waals surface area contributed by atoms with E-state index in [0.29, 0.717) is 34.2 Å². The molecule has 1 saturated heterocycles. The van der Waals surface area contributed by atoms with Gasteiger partial charge in [0.1, 0.15) is 5.54 Å². The predicted molar refractivity (Wildman–Crippen MR) is 129 cm³/mol. The summed E-state index contributed by atoms with van der Waals surface area (Å²) < 4.78 is 12.9. The van der Waals surface area contributed by atoms with Crippen molar-refractivity contribution in [1.82, 2.24) is 14.8 Å². The first-order valence-corrected chi connectivity index (χ1v) is 11.5. The number of nitrogens with zero attached hydrogens (tertiary/aromatic N) is 2. The molecule has 9 heteroatoms. The van der Waals surface area contributed by atoms with E-state index < -0.39 is 17.5 Å². The van der Waals surface area contributed by atoms with E-state index in [1.165, 1.54) is 0 Å². The van der Waals surface area contributed by atoms with Gasteiger partial charge >= 0.3 is 6.03 Å². The summed E-state index contributed by atoms with van der Waals surface area (Å²) in [5.41, 5.74) is 2.26. The number of Topliss-reactive ketones (excluding diaryl/α,β-unsaturated/α-hetero) is 1. The number of nitrogens with one attached hydrogen (secondary N) is 1. The van der Waals surface area contributed by atoms with Gasteiger partial charge in [-0.15, -0.1) is 0 Å². The Kier molecular flexibility index (Phi) is 5.56. The highest BCUT2D eigenvalue weighted by Gasteiger charge is 2.50. The fourth-order valence-electron chi connectivity index (χ4n) is 4.67. The molecular weight excluding hydrogens is 470 g/mol. The second-order valence-corrected chi connectivity index (χ2v) is 9.32. The zero-order valence-electron chi connectivity index (χ0n) is 19.6. The molecule has 2 aromatic carbocycles. The molecule has 0 radical (unpaired) electrons. The van der Waals surface area contributed by atoms with Crippen LogP contribution >= 0.6 is 11.6 Å². The minimum atomic E-state index is -1.34. The average molecular weight is 494 g/mol. The summed E-state index contributed by atoms with van der Waals surface area (Å²) in [5.74, 6) is 0.573. The second kappa shape index (κ2) is 8.46. The highest BCUT2D eigenvalue weighted by Crippen LogP contribution is 2.34. The average Bonchev–Trinajstić information content (AvgIpc) is 3.47. The van der Waals surface area contributed by atoms with Crippen LogP contribution in [0, 0.1) is 13.8 Å². The number of rotatable bonds is 6. The molecule has 35 heavy (non-hydrogen) atoms. The molecule has 0 bridgehead atoms. The van der Waals surface area contributed by atoms with E-state index in [1.807, 2.05) is 36.6 Å². The molecule has 0 aliphatic carbocycles. The van der Waals surface area contributed by atoms with Crippen LogP contribution in [-0.4, -0.2) is 40.5 Å². The largest absolute Gasteiger partial charge is 0.454 e. The number of urea groups is 1.